The Hall–Kier alpha value is -2.32. The van der Waals surface area contributed by atoms with Gasteiger partial charge in [-0.15, -0.1) is 0 Å². The Kier molecular flexibility index (Phi) is 5.88. The second-order valence-electron chi connectivity index (χ2n) is 8.58. The molecule has 4 atom stereocenters. The third kappa shape index (κ3) is 3.94. The smallest absolute Gasteiger partial charge is 0.255 e. The minimum Gasteiger partial charge on any atom is -0.322 e. The molecule has 2 aromatic carbocycles. The molecule has 32 heavy (non-hydrogen) atoms. The van der Waals surface area contributed by atoms with Gasteiger partial charge in [0, 0.05) is 23.4 Å². The summed E-state index contributed by atoms with van der Waals surface area (Å²) in [5.74, 6) is -4.71. The number of allylic oxidation sites excluding steroid dienone is 1. The van der Waals surface area contributed by atoms with Gasteiger partial charge in [-0.05, 0) is 55.2 Å². The molecule has 1 amide bonds. The Morgan fingerprint density at radius 2 is 1.75 bits per heavy atom. The number of nitrogens with one attached hydrogen (secondary N) is 1. The monoisotopic (exact) mass is 483 g/mol. The first-order valence-corrected chi connectivity index (χ1v) is 12.1. The second-order valence-corrected chi connectivity index (χ2v) is 11.2. The number of amides is 1. The molecule has 4 nitrogen and oxygen atoms in total. The first kappa shape index (κ1) is 22.9. The van der Waals surface area contributed by atoms with Crippen LogP contribution in [0.2, 0.25) is 5.02 Å². The van der Waals surface area contributed by atoms with Gasteiger partial charge in [-0.1, -0.05) is 30.7 Å². The lowest BCUT2D eigenvalue weighted by Gasteiger charge is -2.30. The number of halogens is 4. The largest absolute Gasteiger partial charge is 0.322 e. The van der Waals surface area contributed by atoms with E-state index in [0.717, 1.165) is 18.1 Å². The quantitative estimate of drug-likeness (QED) is 0.443. The van der Waals surface area contributed by atoms with Crippen molar-refractivity contribution in [2.24, 2.45) is 17.8 Å². The van der Waals surface area contributed by atoms with Crippen molar-refractivity contribution in [3.05, 3.63) is 70.5 Å². The Labute approximate surface area is 189 Å². The first-order chi connectivity index (χ1) is 15.0. The lowest BCUT2D eigenvalue weighted by molar-refractivity contribution is 0.102. The summed E-state index contributed by atoms with van der Waals surface area (Å²) in [6.45, 7) is 6.24. The molecule has 0 aliphatic heterocycles. The van der Waals surface area contributed by atoms with E-state index in [1.807, 2.05) is 0 Å². The van der Waals surface area contributed by atoms with E-state index in [0.29, 0.717) is 30.9 Å². The summed E-state index contributed by atoms with van der Waals surface area (Å²) in [5, 5.41) is 1.60. The molecule has 0 spiro atoms. The fourth-order valence-corrected chi connectivity index (χ4v) is 7.26. The van der Waals surface area contributed by atoms with E-state index < -0.39 is 38.4 Å². The van der Waals surface area contributed by atoms with Gasteiger partial charge in [0.25, 0.3) is 5.91 Å². The predicted molar refractivity (Wildman–Crippen MR) is 116 cm³/mol. The van der Waals surface area contributed by atoms with Crippen molar-refractivity contribution in [2.75, 3.05) is 5.32 Å². The highest BCUT2D eigenvalue weighted by atomic mass is 35.5. The normalized spacial score (nSPS) is 25.1. The predicted octanol–water partition coefficient (Wildman–Crippen LogP) is 5.77. The number of fused-ring (bicyclic) bond motifs is 2. The van der Waals surface area contributed by atoms with Crippen molar-refractivity contribution in [3.63, 3.8) is 0 Å². The van der Waals surface area contributed by atoms with Crippen LogP contribution in [-0.4, -0.2) is 19.6 Å². The second kappa shape index (κ2) is 8.23. The summed E-state index contributed by atoms with van der Waals surface area (Å²) in [4.78, 5) is 12.4. The molecule has 9 heteroatoms. The molecule has 1 N–H and O–H groups in total. The molecule has 4 rings (SSSR count). The average Bonchev–Trinajstić information content (AvgIpc) is 2.87. The van der Waals surface area contributed by atoms with Gasteiger partial charge in [-0.25, -0.2) is 21.6 Å². The first-order valence-electron chi connectivity index (χ1n) is 10.2. The molecular weight excluding hydrogens is 463 g/mol. The summed E-state index contributed by atoms with van der Waals surface area (Å²) in [7, 11) is -3.84. The Bertz CT molecular complexity index is 1210. The standard InChI is InChI=1S/C23H21ClF3NO3S/c1-11-5-14-6-16(10-17(11)12(14)2)32(30,31)21-7-13(3-4-18(21)24)23(29)28-15-8-19(25)22(27)20(26)9-15/h3-4,7-9,11,14,16-17H,2,5-6,10H2,1H3,(H,28,29)/t11-,14?,16-,17?/m0/s1. The fourth-order valence-electron chi connectivity index (χ4n) is 4.89. The van der Waals surface area contributed by atoms with Gasteiger partial charge >= 0.3 is 0 Å². The highest BCUT2D eigenvalue weighted by Gasteiger charge is 2.46. The lowest BCUT2D eigenvalue weighted by atomic mass is 9.83. The number of carbonyl (C=O) groups excluding carboxylic acids is 1. The van der Waals surface area contributed by atoms with Crippen molar-refractivity contribution < 1.29 is 26.4 Å². The van der Waals surface area contributed by atoms with Crippen molar-refractivity contribution in [2.45, 2.75) is 36.3 Å². The molecular formula is C23H21ClF3NO3S. The highest BCUT2D eigenvalue weighted by Crippen LogP contribution is 2.51. The zero-order valence-electron chi connectivity index (χ0n) is 17.2. The number of hydrogen-bond donors (Lipinski definition) is 1. The van der Waals surface area contributed by atoms with Gasteiger partial charge in [0.1, 0.15) is 0 Å². The lowest BCUT2D eigenvalue weighted by Crippen LogP contribution is -2.31. The van der Waals surface area contributed by atoms with Gasteiger partial charge in [-0.3, -0.25) is 4.79 Å². The van der Waals surface area contributed by atoms with Crippen LogP contribution in [0.4, 0.5) is 18.9 Å². The Morgan fingerprint density at radius 3 is 2.38 bits per heavy atom. The van der Waals surface area contributed by atoms with E-state index in [4.69, 9.17) is 11.6 Å². The van der Waals surface area contributed by atoms with Crippen molar-refractivity contribution in [1.82, 2.24) is 0 Å². The average molecular weight is 484 g/mol. The number of hydrogen-bond acceptors (Lipinski definition) is 3. The van der Waals surface area contributed by atoms with E-state index in [1.54, 1.807) is 0 Å². The fraction of sp³-hybridized carbons (Fsp3) is 0.348. The third-order valence-electron chi connectivity index (χ3n) is 6.59. The zero-order chi connectivity index (χ0) is 23.4. The van der Waals surface area contributed by atoms with Gasteiger partial charge in [0.15, 0.2) is 27.3 Å². The van der Waals surface area contributed by atoms with Gasteiger partial charge in [-0.2, -0.15) is 0 Å². The molecule has 170 valence electrons. The minimum absolute atomic E-state index is 0.00906. The number of benzene rings is 2. The molecule has 2 saturated carbocycles. The summed E-state index contributed by atoms with van der Waals surface area (Å²) < 4.78 is 66.8. The van der Waals surface area contributed by atoms with Crippen LogP contribution in [0.5, 0.6) is 0 Å². The van der Waals surface area contributed by atoms with Crippen molar-refractivity contribution in [1.29, 1.82) is 0 Å². The van der Waals surface area contributed by atoms with Crippen LogP contribution in [-0.2, 0) is 9.84 Å². The van der Waals surface area contributed by atoms with Crippen LogP contribution in [0.3, 0.4) is 0 Å². The van der Waals surface area contributed by atoms with Gasteiger partial charge < -0.3 is 5.32 Å². The maximum absolute atomic E-state index is 13.4. The Morgan fingerprint density at radius 1 is 1.09 bits per heavy atom. The molecule has 2 bridgehead atoms. The molecule has 2 fully saturated rings. The Balaban J connectivity index is 1.61. The highest BCUT2D eigenvalue weighted by molar-refractivity contribution is 7.92. The van der Waals surface area contributed by atoms with E-state index in [2.05, 4.69) is 18.8 Å². The molecule has 0 heterocycles. The van der Waals surface area contributed by atoms with E-state index in [1.165, 1.54) is 12.1 Å². The maximum atomic E-state index is 13.4. The van der Waals surface area contributed by atoms with Crippen LogP contribution < -0.4 is 5.32 Å². The topological polar surface area (TPSA) is 63.2 Å². The van der Waals surface area contributed by atoms with E-state index >= 15 is 0 Å². The van der Waals surface area contributed by atoms with Crippen molar-refractivity contribution >= 4 is 33.0 Å². The molecule has 2 unspecified atom stereocenters. The summed E-state index contributed by atoms with van der Waals surface area (Å²) in [5.41, 5.74) is 0.749. The van der Waals surface area contributed by atoms with Crippen molar-refractivity contribution in [3.8, 4) is 0 Å². The van der Waals surface area contributed by atoms with Crippen LogP contribution in [0.1, 0.15) is 36.5 Å². The molecule has 2 aliphatic rings. The van der Waals surface area contributed by atoms with Crippen LogP contribution in [0, 0.1) is 35.2 Å². The minimum atomic E-state index is -3.84. The van der Waals surface area contributed by atoms with Gasteiger partial charge in [0.05, 0.1) is 15.2 Å². The van der Waals surface area contributed by atoms with Gasteiger partial charge in [0.2, 0.25) is 0 Å². The van der Waals surface area contributed by atoms with Crippen LogP contribution in [0.15, 0.2) is 47.4 Å². The molecule has 2 aliphatic carbocycles. The summed E-state index contributed by atoms with van der Waals surface area (Å²) in [6, 6.07) is 5.04. The number of carbonyl (C=O) groups is 1. The zero-order valence-corrected chi connectivity index (χ0v) is 18.7. The molecule has 0 radical (unpaired) electrons. The van der Waals surface area contributed by atoms with E-state index in [-0.39, 0.29) is 33.0 Å². The summed E-state index contributed by atoms with van der Waals surface area (Å²) >= 11 is 6.20. The molecule has 0 aromatic heterocycles. The third-order valence-corrected chi connectivity index (χ3v) is 9.24. The number of rotatable bonds is 4. The molecule has 0 saturated heterocycles. The van der Waals surface area contributed by atoms with E-state index in [9.17, 15) is 26.4 Å². The summed E-state index contributed by atoms with van der Waals surface area (Å²) in [6.07, 6.45) is 1.83. The SMILES string of the molecule is C=C1C2C[C@H](S(=O)(=O)c3cc(C(=O)Nc4cc(F)c(F)c(F)c4)ccc3Cl)CC1[C@@H](C)C2. The maximum Gasteiger partial charge on any atom is 0.255 e. The number of anilines is 1. The number of sulfone groups is 1. The molecule has 2 aromatic rings. The van der Waals surface area contributed by atoms with Crippen LogP contribution >= 0.6 is 11.6 Å². The van der Waals surface area contributed by atoms with Crippen LogP contribution in [0.25, 0.3) is 0 Å².